The molecule has 0 aromatic rings. The van der Waals surface area contributed by atoms with E-state index in [0.717, 1.165) is 8.64 Å². The van der Waals surface area contributed by atoms with E-state index in [-0.39, 0.29) is 0 Å². The fourth-order valence-corrected chi connectivity index (χ4v) is 3.58. The van der Waals surface area contributed by atoms with Gasteiger partial charge in [0, 0.05) is 26.2 Å². The van der Waals surface area contributed by atoms with Crippen LogP contribution in [0.4, 0.5) is 0 Å². The lowest BCUT2D eigenvalue weighted by molar-refractivity contribution is 0.431. The van der Waals surface area contributed by atoms with E-state index in [1.54, 1.807) is 21.6 Å². The molecule has 16 heavy (non-hydrogen) atoms. The Hall–Kier alpha value is 0.480. The van der Waals surface area contributed by atoms with Crippen molar-refractivity contribution in [2.45, 2.75) is 39.8 Å². The normalized spacial score (nSPS) is 10.8. The summed E-state index contributed by atoms with van der Waals surface area (Å²) in [5.74, 6) is 0. The van der Waals surface area contributed by atoms with Crippen LogP contribution in [0, 0.1) is 0 Å². The summed E-state index contributed by atoms with van der Waals surface area (Å²) < 4.78 is 1.75. The van der Waals surface area contributed by atoms with Crippen molar-refractivity contribution in [1.82, 2.24) is 9.80 Å². The first-order valence-electron chi connectivity index (χ1n) is 5.15. The summed E-state index contributed by atoms with van der Waals surface area (Å²) in [6.07, 6.45) is 0. The lowest BCUT2D eigenvalue weighted by atomic mass is 10.4. The largest absolute Gasteiger partial charge is 0.357 e. The lowest BCUT2D eigenvalue weighted by Gasteiger charge is -2.26. The monoisotopic (exact) mass is 296 g/mol. The highest BCUT2D eigenvalue weighted by atomic mass is 33.1. The Morgan fingerprint density at radius 2 is 1.06 bits per heavy atom. The van der Waals surface area contributed by atoms with Crippen LogP contribution in [0.25, 0.3) is 0 Å². The molecule has 0 N–H and O–H groups in total. The zero-order valence-electron chi connectivity index (χ0n) is 10.7. The number of hydrogen-bond donors (Lipinski definition) is 0. The smallest absolute Gasteiger partial charge is 0.147 e. The third-order valence-electron chi connectivity index (χ3n) is 2.31. The summed E-state index contributed by atoms with van der Waals surface area (Å²) in [6, 6.07) is 0.856. The number of rotatable bonds is 2. The molecule has 0 spiro atoms. The van der Waals surface area contributed by atoms with Crippen LogP contribution in [0.15, 0.2) is 0 Å². The van der Waals surface area contributed by atoms with Gasteiger partial charge in [0.05, 0.1) is 0 Å². The molecule has 0 bridgehead atoms. The molecule has 0 amide bonds. The zero-order valence-corrected chi connectivity index (χ0v) is 13.9. The lowest BCUT2D eigenvalue weighted by Crippen LogP contribution is -2.31. The fourth-order valence-electron chi connectivity index (χ4n) is 0.610. The second-order valence-electron chi connectivity index (χ2n) is 4.11. The Morgan fingerprint density at radius 3 is 1.25 bits per heavy atom. The third-order valence-corrected chi connectivity index (χ3v) is 6.16. The van der Waals surface area contributed by atoms with Crippen LogP contribution in [0.5, 0.6) is 0 Å². The quantitative estimate of drug-likeness (QED) is 0.563. The minimum absolute atomic E-state index is 0.428. The van der Waals surface area contributed by atoms with Gasteiger partial charge in [-0.2, -0.15) is 0 Å². The summed E-state index contributed by atoms with van der Waals surface area (Å²) in [5, 5.41) is 0. The maximum atomic E-state index is 5.31. The maximum absolute atomic E-state index is 5.31. The number of nitrogens with zero attached hydrogens (tertiary/aromatic N) is 2. The molecular formula is C10H20N2S4. The number of thiocarbonyl (C=S) groups is 2. The molecule has 0 aliphatic rings. The van der Waals surface area contributed by atoms with E-state index >= 15 is 0 Å². The molecule has 2 nitrogen and oxygen atoms in total. The molecule has 0 rings (SSSR count). The molecule has 0 aliphatic carbocycles. The average Bonchev–Trinajstić information content (AvgIpc) is 2.22. The van der Waals surface area contributed by atoms with Crippen LogP contribution in [-0.4, -0.2) is 44.6 Å². The molecule has 0 saturated heterocycles. The van der Waals surface area contributed by atoms with Gasteiger partial charge in [-0.05, 0) is 49.3 Å². The summed E-state index contributed by atoms with van der Waals surface area (Å²) in [6.45, 7) is 8.48. The molecule has 0 aliphatic heterocycles. The van der Waals surface area contributed by atoms with Gasteiger partial charge < -0.3 is 9.80 Å². The Morgan fingerprint density at radius 1 is 0.812 bits per heavy atom. The first-order chi connectivity index (χ1) is 7.27. The molecule has 0 aromatic heterocycles. The van der Waals surface area contributed by atoms with Gasteiger partial charge in [0.25, 0.3) is 0 Å². The Labute approximate surface area is 118 Å². The second kappa shape index (κ2) is 7.74. The fraction of sp³-hybridized carbons (Fsp3) is 0.800. The van der Waals surface area contributed by atoms with E-state index in [4.69, 9.17) is 24.4 Å². The van der Waals surface area contributed by atoms with Crippen LogP contribution < -0.4 is 0 Å². The molecule has 0 aromatic carbocycles. The van der Waals surface area contributed by atoms with Crippen molar-refractivity contribution in [3.63, 3.8) is 0 Å². The zero-order chi connectivity index (χ0) is 12.9. The van der Waals surface area contributed by atoms with Gasteiger partial charge in [0.1, 0.15) is 8.64 Å². The Kier molecular flexibility index (Phi) is 7.97. The van der Waals surface area contributed by atoms with Crippen LogP contribution in [0.2, 0.25) is 0 Å². The highest BCUT2D eigenvalue weighted by molar-refractivity contribution is 8.89. The highest BCUT2D eigenvalue weighted by Gasteiger charge is 2.13. The van der Waals surface area contributed by atoms with Gasteiger partial charge in [-0.25, -0.2) is 0 Å². The molecule has 0 atom stereocenters. The predicted octanol–water partition coefficient (Wildman–Crippen LogP) is 3.62. The van der Waals surface area contributed by atoms with Crippen molar-refractivity contribution < 1.29 is 0 Å². The van der Waals surface area contributed by atoms with E-state index < -0.39 is 0 Å². The van der Waals surface area contributed by atoms with Gasteiger partial charge in [-0.15, -0.1) is 0 Å². The molecule has 0 saturated carbocycles. The SMILES string of the molecule is CC(C)N(C)C(=S)SSC(=S)N(C)C(C)C. The van der Waals surface area contributed by atoms with Gasteiger partial charge in [-0.1, -0.05) is 24.4 Å². The van der Waals surface area contributed by atoms with Crippen molar-refractivity contribution in [2.24, 2.45) is 0 Å². The molecule has 0 unspecified atom stereocenters. The first kappa shape index (κ1) is 16.5. The predicted molar refractivity (Wildman–Crippen MR) is 86.2 cm³/mol. The topological polar surface area (TPSA) is 6.48 Å². The van der Waals surface area contributed by atoms with Crippen LogP contribution >= 0.6 is 46.0 Å². The third kappa shape index (κ3) is 5.70. The van der Waals surface area contributed by atoms with E-state index in [1.165, 1.54) is 0 Å². The van der Waals surface area contributed by atoms with E-state index in [0.29, 0.717) is 12.1 Å². The van der Waals surface area contributed by atoms with Gasteiger partial charge in [0.2, 0.25) is 0 Å². The second-order valence-corrected chi connectivity index (χ2v) is 7.50. The van der Waals surface area contributed by atoms with Gasteiger partial charge >= 0.3 is 0 Å². The Balaban J connectivity index is 4.07. The average molecular weight is 297 g/mol. The minimum Gasteiger partial charge on any atom is -0.357 e. The van der Waals surface area contributed by atoms with Gasteiger partial charge in [-0.3, -0.25) is 0 Å². The van der Waals surface area contributed by atoms with E-state index in [1.807, 2.05) is 14.1 Å². The minimum atomic E-state index is 0.428. The van der Waals surface area contributed by atoms with Crippen molar-refractivity contribution in [2.75, 3.05) is 14.1 Å². The standard InChI is InChI=1S/C10H20N2S4/c1-7(2)11(5)9(13)15-16-10(14)12(6)8(3)4/h7-8H,1-6H3. The van der Waals surface area contributed by atoms with Crippen molar-refractivity contribution >= 4 is 54.7 Å². The highest BCUT2D eigenvalue weighted by Crippen LogP contribution is 2.28. The molecule has 0 heterocycles. The summed E-state index contributed by atoms with van der Waals surface area (Å²) in [5.41, 5.74) is 0. The summed E-state index contributed by atoms with van der Waals surface area (Å²) >= 11 is 10.6. The number of hydrogen-bond acceptors (Lipinski definition) is 4. The molecule has 0 fully saturated rings. The Bertz CT molecular complexity index is 227. The van der Waals surface area contributed by atoms with Crippen molar-refractivity contribution in [1.29, 1.82) is 0 Å². The molecular weight excluding hydrogens is 276 g/mol. The van der Waals surface area contributed by atoms with Crippen LogP contribution in [-0.2, 0) is 0 Å². The summed E-state index contributed by atoms with van der Waals surface area (Å²) in [7, 11) is 7.14. The van der Waals surface area contributed by atoms with Crippen LogP contribution in [0.3, 0.4) is 0 Å². The van der Waals surface area contributed by atoms with E-state index in [9.17, 15) is 0 Å². The van der Waals surface area contributed by atoms with Crippen molar-refractivity contribution in [3.8, 4) is 0 Å². The molecule has 0 radical (unpaired) electrons. The molecule has 94 valence electrons. The van der Waals surface area contributed by atoms with Crippen LogP contribution in [0.1, 0.15) is 27.7 Å². The molecule has 6 heteroatoms. The maximum Gasteiger partial charge on any atom is 0.147 e. The van der Waals surface area contributed by atoms with Gasteiger partial charge in [0.15, 0.2) is 0 Å². The van der Waals surface area contributed by atoms with E-state index in [2.05, 4.69) is 37.5 Å². The summed E-state index contributed by atoms with van der Waals surface area (Å²) in [4.78, 5) is 4.15. The first-order valence-corrected chi connectivity index (χ1v) is 8.12. The van der Waals surface area contributed by atoms with Crippen molar-refractivity contribution in [3.05, 3.63) is 0 Å².